The van der Waals surface area contributed by atoms with Crippen LogP contribution in [-0.4, -0.2) is 23.9 Å². The van der Waals surface area contributed by atoms with E-state index in [1.54, 1.807) is 0 Å². The molecule has 2 N–H and O–H groups in total. The maximum Gasteiger partial charge on any atom is 0.257 e. The van der Waals surface area contributed by atoms with E-state index in [0.29, 0.717) is 10.9 Å². The molecule has 1 aromatic heterocycles. The van der Waals surface area contributed by atoms with E-state index in [-0.39, 0.29) is 5.91 Å². The molecule has 0 radical (unpaired) electrons. The lowest BCUT2D eigenvalue weighted by atomic mass is 10.0. The van der Waals surface area contributed by atoms with E-state index in [1.165, 1.54) is 11.3 Å². The van der Waals surface area contributed by atoms with Gasteiger partial charge in [0.1, 0.15) is 0 Å². The smallest absolute Gasteiger partial charge is 0.257 e. The summed E-state index contributed by atoms with van der Waals surface area (Å²) in [4.78, 5) is 14.2. The Bertz CT molecular complexity index is 392. The van der Waals surface area contributed by atoms with Crippen molar-refractivity contribution in [1.29, 1.82) is 0 Å². The van der Waals surface area contributed by atoms with Gasteiger partial charge in [0, 0.05) is 13.1 Å². The van der Waals surface area contributed by atoms with Crippen LogP contribution in [0.15, 0.2) is 5.38 Å². The molecule has 2 heterocycles. The Hall–Kier alpha value is -1.03. The van der Waals surface area contributed by atoms with E-state index in [1.807, 2.05) is 10.3 Å². The first-order valence-corrected chi connectivity index (χ1v) is 6.65. The number of hydrogen-bond acceptors (Lipinski definition) is 3. The molecule has 16 heavy (non-hydrogen) atoms. The third-order valence-corrected chi connectivity index (χ3v) is 3.91. The van der Waals surface area contributed by atoms with Crippen LogP contribution in [-0.2, 0) is 0 Å². The van der Waals surface area contributed by atoms with E-state index in [9.17, 15) is 4.79 Å². The van der Waals surface area contributed by atoms with Crippen molar-refractivity contribution in [3.63, 3.8) is 0 Å². The molecule has 0 spiro atoms. The van der Waals surface area contributed by atoms with Crippen molar-refractivity contribution in [3.05, 3.63) is 16.5 Å². The van der Waals surface area contributed by atoms with E-state index >= 15 is 0 Å². The molecule has 1 aliphatic heterocycles. The average Bonchev–Trinajstić information content (AvgIpc) is 2.84. The summed E-state index contributed by atoms with van der Waals surface area (Å²) >= 11 is 1.48. The van der Waals surface area contributed by atoms with E-state index < -0.39 is 0 Å². The highest BCUT2D eigenvalue weighted by molar-refractivity contribution is 7.14. The van der Waals surface area contributed by atoms with Gasteiger partial charge >= 0.3 is 0 Å². The summed E-state index contributed by atoms with van der Waals surface area (Å²) in [7, 11) is 0. The summed E-state index contributed by atoms with van der Waals surface area (Å²) in [6, 6.07) is 0. The number of nitrogen functional groups attached to an aromatic ring is 1. The Morgan fingerprint density at radius 2 is 2.06 bits per heavy atom. The van der Waals surface area contributed by atoms with Gasteiger partial charge in [-0.15, -0.1) is 11.3 Å². The second-order valence-electron chi connectivity index (χ2n) is 4.58. The Labute approximate surface area is 100 Å². The molecule has 88 valence electrons. The third kappa shape index (κ3) is 1.94. The highest BCUT2D eigenvalue weighted by Gasteiger charge is 2.25. The predicted octanol–water partition coefficient (Wildman–Crippen LogP) is 2.69. The van der Waals surface area contributed by atoms with Crippen LogP contribution >= 0.6 is 11.3 Å². The fraction of sp³-hybridized carbons (Fsp3) is 0.583. The van der Waals surface area contributed by atoms with E-state index in [0.717, 1.165) is 37.1 Å². The normalized spacial score (nSPS) is 16.1. The fourth-order valence-corrected chi connectivity index (χ4v) is 3.09. The SMILES string of the molecule is CC(C)c1csc(N)c1C(=O)N1CCCC1. The molecule has 0 saturated carbocycles. The molecule has 1 amide bonds. The molecule has 3 nitrogen and oxygen atoms in total. The van der Waals surface area contributed by atoms with Crippen molar-refractivity contribution in [2.75, 3.05) is 18.8 Å². The van der Waals surface area contributed by atoms with Gasteiger partial charge in [0.25, 0.3) is 5.91 Å². The van der Waals surface area contributed by atoms with Crippen LogP contribution in [0.2, 0.25) is 0 Å². The van der Waals surface area contributed by atoms with Crippen LogP contribution in [0, 0.1) is 0 Å². The number of likely N-dealkylation sites (tertiary alicyclic amines) is 1. The summed E-state index contributed by atoms with van der Waals surface area (Å²) in [5.41, 5.74) is 7.77. The lowest BCUT2D eigenvalue weighted by Gasteiger charge is -2.17. The van der Waals surface area contributed by atoms with Gasteiger partial charge in [-0.3, -0.25) is 4.79 Å². The summed E-state index contributed by atoms with van der Waals surface area (Å²) < 4.78 is 0. The fourth-order valence-electron chi connectivity index (χ4n) is 2.12. The number of thiophene rings is 1. The number of amides is 1. The summed E-state index contributed by atoms with van der Waals surface area (Å²) in [5, 5.41) is 2.68. The zero-order valence-corrected chi connectivity index (χ0v) is 10.6. The van der Waals surface area contributed by atoms with Gasteiger partial charge < -0.3 is 10.6 Å². The minimum absolute atomic E-state index is 0.125. The van der Waals surface area contributed by atoms with Crippen LogP contribution < -0.4 is 5.73 Å². The second-order valence-corrected chi connectivity index (χ2v) is 5.50. The van der Waals surface area contributed by atoms with Gasteiger partial charge in [0.2, 0.25) is 0 Å². The van der Waals surface area contributed by atoms with Gasteiger partial charge in [-0.1, -0.05) is 13.8 Å². The molecule has 2 rings (SSSR count). The number of nitrogens with zero attached hydrogens (tertiary/aromatic N) is 1. The molecule has 1 saturated heterocycles. The molecule has 0 aliphatic carbocycles. The van der Waals surface area contributed by atoms with E-state index in [2.05, 4.69) is 13.8 Å². The molecule has 0 bridgehead atoms. The molecular weight excluding hydrogens is 220 g/mol. The van der Waals surface area contributed by atoms with Crippen LogP contribution in [0.4, 0.5) is 5.00 Å². The first-order valence-electron chi connectivity index (χ1n) is 5.77. The number of nitrogens with two attached hydrogens (primary N) is 1. The standard InChI is InChI=1S/C12H18N2OS/c1-8(2)9-7-16-11(13)10(9)12(15)14-5-3-4-6-14/h7-8H,3-6,13H2,1-2H3. The Balaban J connectivity index is 2.31. The van der Waals surface area contributed by atoms with Crippen molar-refractivity contribution in [2.45, 2.75) is 32.6 Å². The maximum atomic E-state index is 12.3. The number of rotatable bonds is 2. The predicted molar refractivity (Wildman–Crippen MR) is 68.0 cm³/mol. The van der Waals surface area contributed by atoms with Crippen molar-refractivity contribution < 1.29 is 4.79 Å². The number of carbonyl (C=O) groups is 1. The molecule has 0 atom stereocenters. The summed E-state index contributed by atoms with van der Waals surface area (Å²) in [6.45, 7) is 5.96. The largest absolute Gasteiger partial charge is 0.390 e. The second kappa shape index (κ2) is 4.45. The van der Waals surface area contributed by atoms with Crippen molar-refractivity contribution in [2.24, 2.45) is 0 Å². The third-order valence-electron chi connectivity index (χ3n) is 3.08. The lowest BCUT2D eigenvalue weighted by Crippen LogP contribution is -2.28. The van der Waals surface area contributed by atoms with Gasteiger partial charge in [0.05, 0.1) is 10.6 Å². The molecular formula is C12H18N2OS. The number of anilines is 1. The first-order chi connectivity index (χ1) is 7.61. The van der Waals surface area contributed by atoms with Crippen LogP contribution in [0.5, 0.6) is 0 Å². The lowest BCUT2D eigenvalue weighted by molar-refractivity contribution is 0.0793. The zero-order valence-electron chi connectivity index (χ0n) is 9.82. The van der Waals surface area contributed by atoms with E-state index in [4.69, 9.17) is 5.73 Å². The van der Waals surface area contributed by atoms with Crippen molar-refractivity contribution >= 4 is 22.2 Å². The molecule has 0 aromatic carbocycles. The average molecular weight is 238 g/mol. The maximum absolute atomic E-state index is 12.3. The molecule has 0 unspecified atom stereocenters. The Morgan fingerprint density at radius 3 is 2.62 bits per heavy atom. The molecule has 1 aliphatic rings. The summed E-state index contributed by atoms with van der Waals surface area (Å²) in [5.74, 6) is 0.482. The highest BCUT2D eigenvalue weighted by Crippen LogP contribution is 2.32. The topological polar surface area (TPSA) is 46.3 Å². The minimum atomic E-state index is 0.125. The quantitative estimate of drug-likeness (QED) is 0.861. The van der Waals surface area contributed by atoms with Gasteiger partial charge in [0.15, 0.2) is 0 Å². The molecule has 4 heteroatoms. The summed E-state index contributed by atoms with van der Waals surface area (Å²) in [6.07, 6.45) is 2.24. The highest BCUT2D eigenvalue weighted by atomic mass is 32.1. The van der Waals surface area contributed by atoms with Crippen LogP contribution in [0.25, 0.3) is 0 Å². The number of hydrogen-bond donors (Lipinski definition) is 1. The first kappa shape index (κ1) is 11.5. The minimum Gasteiger partial charge on any atom is -0.390 e. The van der Waals surface area contributed by atoms with Crippen LogP contribution in [0.3, 0.4) is 0 Å². The van der Waals surface area contributed by atoms with Gasteiger partial charge in [-0.25, -0.2) is 0 Å². The van der Waals surface area contributed by atoms with Crippen molar-refractivity contribution in [3.8, 4) is 0 Å². The zero-order chi connectivity index (χ0) is 11.7. The number of carbonyl (C=O) groups excluding carboxylic acids is 1. The Morgan fingerprint density at radius 1 is 1.44 bits per heavy atom. The Kier molecular flexibility index (Phi) is 3.19. The van der Waals surface area contributed by atoms with Crippen LogP contribution in [0.1, 0.15) is 48.5 Å². The van der Waals surface area contributed by atoms with Gasteiger partial charge in [-0.2, -0.15) is 0 Å². The molecule has 1 aromatic rings. The van der Waals surface area contributed by atoms with Gasteiger partial charge in [-0.05, 0) is 29.7 Å². The monoisotopic (exact) mass is 238 g/mol. The van der Waals surface area contributed by atoms with Crippen molar-refractivity contribution in [1.82, 2.24) is 4.90 Å². The molecule has 1 fully saturated rings.